The summed E-state index contributed by atoms with van der Waals surface area (Å²) in [5.74, 6) is -0.118. The maximum absolute atomic E-state index is 12.8. The molecule has 0 spiro atoms. The molecule has 1 N–H and O–H groups in total. The number of hydrogen-bond acceptors (Lipinski definition) is 4. The van der Waals surface area contributed by atoms with Crippen molar-refractivity contribution in [1.82, 2.24) is 0 Å². The Morgan fingerprint density at radius 1 is 1.10 bits per heavy atom. The van der Waals surface area contributed by atoms with Crippen LogP contribution < -0.4 is 4.74 Å². The first kappa shape index (κ1) is 13.6. The minimum absolute atomic E-state index is 0.0586. The summed E-state index contributed by atoms with van der Waals surface area (Å²) < 4.78 is 42.7. The van der Waals surface area contributed by atoms with Gasteiger partial charge in [-0.1, -0.05) is 6.07 Å². The molecule has 0 aliphatic carbocycles. The molecule has 1 aliphatic heterocycles. The highest BCUT2D eigenvalue weighted by Gasteiger charge is 2.31. The van der Waals surface area contributed by atoms with Crippen LogP contribution in [0.25, 0.3) is 6.08 Å². The number of ether oxygens (including phenoxy) is 1. The smallest absolute Gasteiger partial charge is 0.206 e. The van der Waals surface area contributed by atoms with Gasteiger partial charge in [0.1, 0.15) is 23.9 Å². The van der Waals surface area contributed by atoms with Gasteiger partial charge >= 0.3 is 0 Å². The lowest BCUT2D eigenvalue weighted by molar-refractivity contribution is 0.358. The van der Waals surface area contributed by atoms with E-state index in [1.807, 2.05) is 0 Å². The van der Waals surface area contributed by atoms with Crippen LogP contribution in [0.15, 0.2) is 52.3 Å². The van der Waals surface area contributed by atoms with Gasteiger partial charge in [0.25, 0.3) is 0 Å². The second-order valence-corrected chi connectivity index (χ2v) is 6.52. The summed E-state index contributed by atoms with van der Waals surface area (Å²) in [5.41, 5.74) is 0.273. The van der Waals surface area contributed by atoms with E-state index >= 15 is 0 Å². The molecule has 0 atom stereocenters. The van der Waals surface area contributed by atoms with Crippen LogP contribution in [0.4, 0.5) is 4.39 Å². The van der Waals surface area contributed by atoms with Gasteiger partial charge in [-0.2, -0.15) is 0 Å². The van der Waals surface area contributed by atoms with Crippen molar-refractivity contribution in [3.05, 3.63) is 58.8 Å². The van der Waals surface area contributed by atoms with Crippen LogP contribution in [0.5, 0.6) is 11.5 Å². The first-order chi connectivity index (χ1) is 9.98. The van der Waals surface area contributed by atoms with Gasteiger partial charge in [0.15, 0.2) is 0 Å². The number of sulfone groups is 1. The number of fused-ring (bicyclic) bond motifs is 1. The molecule has 0 aromatic heterocycles. The Balaban J connectivity index is 1.86. The van der Waals surface area contributed by atoms with Crippen LogP contribution in [0.2, 0.25) is 0 Å². The van der Waals surface area contributed by atoms with Gasteiger partial charge in [-0.05, 0) is 42.5 Å². The van der Waals surface area contributed by atoms with Gasteiger partial charge in [-0.3, -0.25) is 0 Å². The fourth-order valence-corrected chi connectivity index (χ4v) is 3.58. The summed E-state index contributed by atoms with van der Waals surface area (Å²) in [6.07, 6.45) is 1.39. The molecule has 2 aromatic carbocycles. The second kappa shape index (κ2) is 4.89. The standard InChI is InChI=1S/C15H11FO4S/c16-10-4-6-11(7-5-10)20-9-12-8-13-14(17)2-1-3-15(13)21(12,18)19/h1-8,17H,9H2. The molecular weight excluding hydrogens is 295 g/mol. The molecule has 0 bridgehead atoms. The molecule has 0 unspecified atom stereocenters. The van der Waals surface area contributed by atoms with Crippen LogP contribution in [-0.2, 0) is 9.84 Å². The van der Waals surface area contributed by atoms with Crippen molar-refractivity contribution >= 4 is 15.9 Å². The molecule has 0 saturated heterocycles. The first-order valence-electron chi connectivity index (χ1n) is 6.14. The zero-order chi connectivity index (χ0) is 15.0. The van der Waals surface area contributed by atoms with E-state index in [4.69, 9.17) is 4.74 Å². The Labute approximate surface area is 121 Å². The lowest BCUT2D eigenvalue weighted by Crippen LogP contribution is -2.08. The molecule has 0 radical (unpaired) electrons. The lowest BCUT2D eigenvalue weighted by atomic mass is 10.2. The number of halogens is 1. The maximum atomic E-state index is 12.8. The van der Waals surface area contributed by atoms with Crippen LogP contribution in [0, 0.1) is 5.82 Å². The number of phenolic OH excluding ortho intramolecular Hbond substituents is 1. The van der Waals surface area contributed by atoms with Gasteiger partial charge in [0, 0.05) is 5.56 Å². The average molecular weight is 306 g/mol. The van der Waals surface area contributed by atoms with Crippen molar-refractivity contribution in [3.8, 4) is 11.5 Å². The van der Waals surface area contributed by atoms with Crippen molar-refractivity contribution in [1.29, 1.82) is 0 Å². The molecule has 2 aromatic rings. The maximum Gasteiger partial charge on any atom is 0.206 e. The molecule has 0 saturated carbocycles. The quantitative estimate of drug-likeness (QED) is 0.947. The predicted molar refractivity (Wildman–Crippen MR) is 75.2 cm³/mol. The van der Waals surface area contributed by atoms with Crippen molar-refractivity contribution < 1.29 is 22.7 Å². The summed E-state index contributed by atoms with van der Waals surface area (Å²) in [6, 6.07) is 9.63. The molecule has 21 heavy (non-hydrogen) atoms. The third kappa shape index (κ3) is 2.38. The van der Waals surface area contributed by atoms with Gasteiger partial charge < -0.3 is 9.84 Å². The number of benzene rings is 2. The Morgan fingerprint density at radius 3 is 2.48 bits per heavy atom. The Bertz CT molecular complexity index is 823. The van der Waals surface area contributed by atoms with Crippen molar-refractivity contribution in [2.75, 3.05) is 6.61 Å². The highest BCUT2D eigenvalue weighted by Crippen LogP contribution is 2.37. The monoisotopic (exact) mass is 306 g/mol. The molecule has 1 heterocycles. The summed E-state index contributed by atoms with van der Waals surface area (Å²) in [6.45, 7) is -0.178. The van der Waals surface area contributed by atoms with Gasteiger partial charge in [-0.25, -0.2) is 12.8 Å². The lowest BCUT2D eigenvalue weighted by Gasteiger charge is -2.07. The molecule has 4 nitrogen and oxygen atoms in total. The normalized spacial score (nSPS) is 15.4. The van der Waals surface area contributed by atoms with E-state index in [0.717, 1.165) is 0 Å². The molecule has 3 rings (SSSR count). The zero-order valence-corrected chi connectivity index (χ0v) is 11.6. The minimum atomic E-state index is -3.65. The fraction of sp³-hybridized carbons (Fsp3) is 0.0667. The van der Waals surface area contributed by atoms with Gasteiger partial charge in [-0.15, -0.1) is 0 Å². The van der Waals surface area contributed by atoms with E-state index in [1.54, 1.807) is 0 Å². The van der Waals surface area contributed by atoms with Crippen molar-refractivity contribution in [2.24, 2.45) is 0 Å². The van der Waals surface area contributed by atoms with E-state index in [-0.39, 0.29) is 27.7 Å². The van der Waals surface area contributed by atoms with Crippen molar-refractivity contribution in [2.45, 2.75) is 4.90 Å². The number of phenols is 1. The first-order valence-corrected chi connectivity index (χ1v) is 7.63. The topological polar surface area (TPSA) is 63.6 Å². The second-order valence-electron chi connectivity index (χ2n) is 4.55. The zero-order valence-electron chi connectivity index (χ0n) is 10.8. The van der Waals surface area contributed by atoms with E-state index in [0.29, 0.717) is 5.75 Å². The summed E-state index contributed by atoms with van der Waals surface area (Å²) in [5, 5.41) is 9.71. The molecular formula is C15H11FO4S. The Kier molecular flexibility index (Phi) is 3.17. The minimum Gasteiger partial charge on any atom is -0.507 e. The van der Waals surface area contributed by atoms with Crippen LogP contribution in [-0.4, -0.2) is 20.1 Å². The van der Waals surface area contributed by atoms with E-state index in [2.05, 4.69) is 0 Å². The largest absolute Gasteiger partial charge is 0.507 e. The van der Waals surface area contributed by atoms with Crippen LogP contribution >= 0.6 is 0 Å². The van der Waals surface area contributed by atoms with E-state index < -0.39 is 15.7 Å². The predicted octanol–water partition coefficient (Wildman–Crippen LogP) is 2.74. The summed E-state index contributed by atoms with van der Waals surface area (Å²) in [4.78, 5) is 0.128. The van der Waals surface area contributed by atoms with E-state index in [1.165, 1.54) is 48.5 Å². The SMILES string of the molecule is O=S1(=O)C(COc2ccc(F)cc2)=Cc2c(O)cccc21. The molecule has 0 amide bonds. The number of rotatable bonds is 3. The fourth-order valence-electron chi connectivity index (χ4n) is 2.10. The summed E-state index contributed by atoms with van der Waals surface area (Å²) >= 11 is 0. The summed E-state index contributed by atoms with van der Waals surface area (Å²) in [7, 11) is -3.65. The van der Waals surface area contributed by atoms with Gasteiger partial charge in [0.05, 0.1) is 9.80 Å². The van der Waals surface area contributed by atoms with E-state index in [9.17, 15) is 17.9 Å². The molecule has 6 heteroatoms. The van der Waals surface area contributed by atoms with Gasteiger partial charge in [0.2, 0.25) is 9.84 Å². The Hall–Kier alpha value is -2.34. The molecule has 0 fully saturated rings. The third-order valence-electron chi connectivity index (χ3n) is 3.18. The van der Waals surface area contributed by atoms with Crippen LogP contribution in [0.1, 0.15) is 5.56 Å². The van der Waals surface area contributed by atoms with Crippen LogP contribution in [0.3, 0.4) is 0 Å². The third-order valence-corrected chi connectivity index (χ3v) is 5.04. The average Bonchev–Trinajstić information content (AvgIpc) is 2.71. The number of hydrogen-bond donors (Lipinski definition) is 1. The Morgan fingerprint density at radius 2 is 1.81 bits per heavy atom. The highest BCUT2D eigenvalue weighted by molar-refractivity contribution is 7.95. The highest BCUT2D eigenvalue weighted by atomic mass is 32.2. The molecule has 1 aliphatic rings. The molecule has 108 valence electrons. The number of aromatic hydroxyl groups is 1. The van der Waals surface area contributed by atoms with Crippen molar-refractivity contribution in [3.63, 3.8) is 0 Å².